The van der Waals surface area contributed by atoms with Gasteiger partial charge in [0.1, 0.15) is 5.82 Å². The Labute approximate surface area is 107 Å². The lowest BCUT2D eigenvalue weighted by molar-refractivity contribution is -0.140. The van der Waals surface area contributed by atoms with Crippen LogP contribution in [-0.4, -0.2) is 26.2 Å². The van der Waals surface area contributed by atoms with E-state index in [1.165, 1.54) is 6.92 Å². The number of halogens is 4. The Morgan fingerprint density at radius 3 is 2.42 bits per heavy atom. The SMILES string of the molecule is C[C@H](CO)NS(=O)(=O)c1ccc(F)c(C(F)(F)F)c1. The first kappa shape index (κ1) is 15.9. The van der Waals surface area contributed by atoms with E-state index in [4.69, 9.17) is 5.11 Å². The van der Waals surface area contributed by atoms with Crippen molar-refractivity contribution in [1.82, 2.24) is 4.72 Å². The molecule has 0 heterocycles. The van der Waals surface area contributed by atoms with Crippen molar-refractivity contribution in [2.24, 2.45) is 0 Å². The van der Waals surface area contributed by atoms with E-state index in [1.54, 1.807) is 0 Å². The van der Waals surface area contributed by atoms with E-state index in [2.05, 4.69) is 0 Å². The van der Waals surface area contributed by atoms with Crippen LogP contribution in [0.3, 0.4) is 0 Å². The molecule has 0 amide bonds. The molecule has 1 aromatic carbocycles. The van der Waals surface area contributed by atoms with Crippen molar-refractivity contribution in [3.8, 4) is 0 Å². The van der Waals surface area contributed by atoms with Crippen LogP contribution in [0, 0.1) is 5.82 Å². The van der Waals surface area contributed by atoms with Gasteiger partial charge in [-0.3, -0.25) is 0 Å². The molecule has 0 aliphatic heterocycles. The highest BCUT2D eigenvalue weighted by Gasteiger charge is 2.35. The van der Waals surface area contributed by atoms with Gasteiger partial charge in [-0.05, 0) is 25.1 Å². The summed E-state index contributed by atoms with van der Waals surface area (Å²) >= 11 is 0. The van der Waals surface area contributed by atoms with Gasteiger partial charge in [-0.15, -0.1) is 0 Å². The normalized spacial score (nSPS) is 14.4. The molecule has 0 fully saturated rings. The first-order valence-electron chi connectivity index (χ1n) is 5.08. The molecule has 0 radical (unpaired) electrons. The third-order valence-corrected chi connectivity index (χ3v) is 3.77. The molecular weight excluding hydrogens is 290 g/mol. The minimum atomic E-state index is -4.99. The number of hydrogen-bond acceptors (Lipinski definition) is 3. The lowest BCUT2D eigenvalue weighted by atomic mass is 10.2. The summed E-state index contributed by atoms with van der Waals surface area (Å²) in [5.74, 6) is -1.55. The van der Waals surface area contributed by atoms with Crippen LogP contribution in [0.2, 0.25) is 0 Å². The van der Waals surface area contributed by atoms with Crippen LogP contribution >= 0.6 is 0 Å². The number of aliphatic hydroxyl groups is 1. The molecule has 0 aliphatic carbocycles. The Bertz CT molecular complexity index is 556. The van der Waals surface area contributed by atoms with Gasteiger partial charge in [-0.2, -0.15) is 13.2 Å². The number of aliphatic hydroxyl groups excluding tert-OH is 1. The van der Waals surface area contributed by atoms with Crippen molar-refractivity contribution in [1.29, 1.82) is 0 Å². The van der Waals surface area contributed by atoms with Crippen LogP contribution in [0.4, 0.5) is 17.6 Å². The Hall–Kier alpha value is -1.19. The minimum Gasteiger partial charge on any atom is -0.395 e. The number of hydrogen-bond donors (Lipinski definition) is 2. The van der Waals surface area contributed by atoms with Crippen molar-refractivity contribution in [2.45, 2.75) is 24.0 Å². The van der Waals surface area contributed by atoms with Gasteiger partial charge in [0.2, 0.25) is 10.0 Å². The average molecular weight is 301 g/mol. The molecule has 0 bridgehead atoms. The maximum absolute atomic E-state index is 13.0. The zero-order chi connectivity index (χ0) is 14.8. The van der Waals surface area contributed by atoms with E-state index in [-0.39, 0.29) is 6.07 Å². The molecule has 0 unspecified atom stereocenters. The summed E-state index contributed by atoms with van der Waals surface area (Å²) in [6.07, 6.45) is -4.99. The number of rotatable bonds is 4. The fourth-order valence-corrected chi connectivity index (χ4v) is 2.52. The average Bonchev–Trinajstić information content (AvgIpc) is 2.26. The summed E-state index contributed by atoms with van der Waals surface area (Å²) in [7, 11) is -4.25. The Balaban J connectivity index is 3.23. The molecule has 1 rings (SSSR count). The van der Waals surface area contributed by atoms with Crippen LogP contribution in [-0.2, 0) is 16.2 Å². The second kappa shape index (κ2) is 5.43. The first-order valence-corrected chi connectivity index (χ1v) is 6.56. The quantitative estimate of drug-likeness (QED) is 0.828. The number of nitrogens with one attached hydrogen (secondary N) is 1. The topological polar surface area (TPSA) is 66.4 Å². The first-order chi connectivity index (χ1) is 8.58. The van der Waals surface area contributed by atoms with Gasteiger partial charge in [0.25, 0.3) is 0 Å². The monoisotopic (exact) mass is 301 g/mol. The smallest absolute Gasteiger partial charge is 0.395 e. The third-order valence-electron chi connectivity index (χ3n) is 2.18. The van der Waals surface area contributed by atoms with E-state index in [0.717, 1.165) is 6.07 Å². The molecule has 0 saturated heterocycles. The standard InChI is InChI=1S/C10H11F4NO3S/c1-6(5-16)15-19(17,18)7-2-3-9(11)8(4-7)10(12,13)14/h2-4,6,15-16H,5H2,1H3/t6-/m1/s1. The van der Waals surface area contributed by atoms with Crippen LogP contribution in [0.15, 0.2) is 23.1 Å². The van der Waals surface area contributed by atoms with Gasteiger partial charge in [0.15, 0.2) is 0 Å². The van der Waals surface area contributed by atoms with Gasteiger partial charge in [0.05, 0.1) is 17.1 Å². The fourth-order valence-electron chi connectivity index (χ4n) is 1.26. The molecule has 0 aliphatic rings. The summed E-state index contributed by atoms with van der Waals surface area (Å²) in [5.41, 5.74) is -1.66. The van der Waals surface area contributed by atoms with E-state index in [9.17, 15) is 26.0 Å². The lowest BCUT2D eigenvalue weighted by Gasteiger charge is -2.13. The molecule has 108 valence electrons. The predicted molar refractivity (Wildman–Crippen MR) is 58.3 cm³/mol. The maximum Gasteiger partial charge on any atom is 0.419 e. The highest BCUT2D eigenvalue weighted by atomic mass is 32.2. The van der Waals surface area contributed by atoms with Crippen molar-refractivity contribution < 1.29 is 31.1 Å². The van der Waals surface area contributed by atoms with Gasteiger partial charge in [-0.25, -0.2) is 17.5 Å². The molecule has 0 aromatic heterocycles. The van der Waals surface area contributed by atoms with Crippen molar-refractivity contribution in [3.63, 3.8) is 0 Å². The fraction of sp³-hybridized carbons (Fsp3) is 0.400. The van der Waals surface area contributed by atoms with Crippen LogP contribution < -0.4 is 4.72 Å². The van der Waals surface area contributed by atoms with Crippen LogP contribution in [0.1, 0.15) is 12.5 Å². The van der Waals surface area contributed by atoms with Gasteiger partial charge < -0.3 is 5.11 Å². The molecular formula is C10H11F4NO3S. The van der Waals surface area contributed by atoms with Crippen LogP contribution in [0.25, 0.3) is 0 Å². The number of benzene rings is 1. The molecule has 2 N–H and O–H groups in total. The van der Waals surface area contributed by atoms with Crippen molar-refractivity contribution in [3.05, 3.63) is 29.6 Å². The number of alkyl halides is 3. The molecule has 0 saturated carbocycles. The lowest BCUT2D eigenvalue weighted by Crippen LogP contribution is -2.35. The predicted octanol–water partition coefficient (Wildman–Crippen LogP) is 1.50. The summed E-state index contributed by atoms with van der Waals surface area (Å²) in [5, 5.41) is 8.71. The van der Waals surface area contributed by atoms with Crippen LogP contribution in [0.5, 0.6) is 0 Å². The number of sulfonamides is 1. The maximum atomic E-state index is 13.0. The second-order valence-electron chi connectivity index (χ2n) is 3.84. The molecule has 9 heteroatoms. The van der Waals surface area contributed by atoms with Gasteiger partial charge in [0, 0.05) is 6.04 Å². The van der Waals surface area contributed by atoms with E-state index < -0.39 is 45.1 Å². The summed E-state index contributed by atoms with van der Waals surface area (Å²) in [4.78, 5) is -0.721. The summed E-state index contributed by atoms with van der Waals surface area (Å²) < 4.78 is 75.7. The zero-order valence-corrected chi connectivity index (χ0v) is 10.5. The van der Waals surface area contributed by atoms with E-state index in [0.29, 0.717) is 6.07 Å². The third kappa shape index (κ3) is 3.88. The highest BCUT2D eigenvalue weighted by Crippen LogP contribution is 2.32. The Kier molecular flexibility index (Phi) is 4.54. The molecule has 19 heavy (non-hydrogen) atoms. The minimum absolute atomic E-state index is 0.210. The summed E-state index contributed by atoms with van der Waals surface area (Å²) in [6.45, 7) is 0.804. The largest absolute Gasteiger partial charge is 0.419 e. The Morgan fingerprint density at radius 1 is 1.37 bits per heavy atom. The molecule has 4 nitrogen and oxygen atoms in total. The molecule has 0 spiro atoms. The van der Waals surface area contributed by atoms with E-state index >= 15 is 0 Å². The van der Waals surface area contributed by atoms with Crippen molar-refractivity contribution >= 4 is 10.0 Å². The van der Waals surface area contributed by atoms with E-state index in [1.807, 2.05) is 4.72 Å². The molecule has 1 aromatic rings. The van der Waals surface area contributed by atoms with Gasteiger partial charge >= 0.3 is 6.18 Å². The van der Waals surface area contributed by atoms with Gasteiger partial charge in [-0.1, -0.05) is 0 Å². The second-order valence-corrected chi connectivity index (χ2v) is 5.56. The summed E-state index contributed by atoms with van der Waals surface area (Å²) in [6, 6.07) is 0.490. The van der Waals surface area contributed by atoms with Crippen molar-refractivity contribution in [2.75, 3.05) is 6.61 Å². The zero-order valence-electron chi connectivity index (χ0n) is 9.70. The molecule has 1 atom stereocenters. The Morgan fingerprint density at radius 2 is 1.95 bits per heavy atom. The highest BCUT2D eigenvalue weighted by molar-refractivity contribution is 7.89.